The zero-order chi connectivity index (χ0) is 22.0. The van der Waals surface area contributed by atoms with E-state index in [-0.39, 0.29) is 58.9 Å². The third kappa shape index (κ3) is 6.58. The zero-order valence-corrected chi connectivity index (χ0v) is 25.9. The molecule has 4 aromatic rings. The molecule has 0 fully saturated rings. The van der Waals surface area contributed by atoms with Crippen molar-refractivity contribution in [1.29, 1.82) is 0 Å². The summed E-state index contributed by atoms with van der Waals surface area (Å²) in [7, 11) is -2.47. The molecule has 0 spiro atoms. The average molecular weight is 576 g/mol. The first-order valence-corrected chi connectivity index (χ1v) is 13.4. The van der Waals surface area contributed by atoms with Crippen LogP contribution in [0.2, 0.25) is 0 Å². The first kappa shape index (κ1) is 33.8. The standard InChI is InChI=1S/C30H33Si.3ClH.Ti/c1-6-25(5)29-17-10-18-30(29)31(26-14-7-11-22(2)19-26,27-15-8-12-23(3)20-27)28-16-9-13-24(4)21-28;;;;/h7-21,25H,6H2,1-5H3;3*1H;/q-1;;;;+4/p-3. The van der Waals surface area contributed by atoms with E-state index < -0.39 is 8.07 Å². The van der Waals surface area contributed by atoms with Crippen LogP contribution in [0.25, 0.3) is 0 Å². The molecule has 0 bridgehead atoms. The number of benzene rings is 3. The summed E-state index contributed by atoms with van der Waals surface area (Å²) in [5.41, 5.74) is 5.49. The molecule has 5 heteroatoms. The molecule has 4 aromatic carbocycles. The van der Waals surface area contributed by atoms with Crippen LogP contribution in [0.15, 0.2) is 91.0 Å². The van der Waals surface area contributed by atoms with Crippen LogP contribution in [-0.2, 0) is 21.7 Å². The van der Waals surface area contributed by atoms with E-state index in [1.807, 2.05) is 0 Å². The normalized spacial score (nSPS) is 11.2. The molecule has 35 heavy (non-hydrogen) atoms. The minimum Gasteiger partial charge on any atom is -1.00 e. The van der Waals surface area contributed by atoms with Gasteiger partial charge in [-0.2, -0.15) is 11.6 Å². The summed E-state index contributed by atoms with van der Waals surface area (Å²) >= 11 is 0. The summed E-state index contributed by atoms with van der Waals surface area (Å²) < 4.78 is 0. The monoisotopic (exact) mass is 574 g/mol. The molecule has 0 radical (unpaired) electrons. The third-order valence-corrected chi connectivity index (χ3v) is 11.5. The molecule has 0 saturated carbocycles. The number of halogens is 3. The molecule has 182 valence electrons. The van der Waals surface area contributed by atoms with Gasteiger partial charge in [-0.25, -0.2) is 12.1 Å². The number of hydrogen-bond donors (Lipinski definition) is 0. The van der Waals surface area contributed by atoms with Crippen molar-refractivity contribution in [3.63, 3.8) is 0 Å². The van der Waals surface area contributed by atoms with Crippen LogP contribution in [0, 0.1) is 20.8 Å². The summed E-state index contributed by atoms with van der Waals surface area (Å²) in [6.45, 7) is 11.3. The molecule has 0 aliphatic rings. The summed E-state index contributed by atoms with van der Waals surface area (Å²) in [5.74, 6) is 0.538. The molecular weight excluding hydrogens is 543 g/mol. The topological polar surface area (TPSA) is 0 Å². The van der Waals surface area contributed by atoms with Gasteiger partial charge in [0.05, 0.1) is 0 Å². The fourth-order valence-electron chi connectivity index (χ4n) is 5.03. The van der Waals surface area contributed by atoms with Crippen molar-refractivity contribution in [2.24, 2.45) is 0 Å². The van der Waals surface area contributed by atoms with E-state index in [0.717, 1.165) is 6.42 Å². The summed E-state index contributed by atoms with van der Waals surface area (Å²) in [4.78, 5) is 0. The fourth-order valence-corrected chi connectivity index (χ4v) is 10.4. The second-order valence-electron chi connectivity index (χ2n) is 9.06. The van der Waals surface area contributed by atoms with Crippen molar-refractivity contribution in [3.8, 4) is 0 Å². The van der Waals surface area contributed by atoms with E-state index in [4.69, 9.17) is 0 Å². The second kappa shape index (κ2) is 14.5. The van der Waals surface area contributed by atoms with Crippen LogP contribution in [0.1, 0.15) is 48.4 Å². The Balaban J connectivity index is 0.00000289. The van der Waals surface area contributed by atoms with Gasteiger partial charge in [-0.3, -0.25) is 0 Å². The van der Waals surface area contributed by atoms with Gasteiger partial charge < -0.3 is 37.2 Å². The van der Waals surface area contributed by atoms with Crippen LogP contribution in [0.5, 0.6) is 0 Å². The maximum atomic E-state index is 2.43. The van der Waals surface area contributed by atoms with E-state index >= 15 is 0 Å². The Morgan fingerprint density at radius 1 is 0.657 bits per heavy atom. The number of aryl methyl sites for hydroxylation is 3. The Labute approximate surface area is 246 Å². The molecule has 4 rings (SSSR count). The van der Waals surface area contributed by atoms with Gasteiger partial charge in [0.2, 0.25) is 0 Å². The van der Waals surface area contributed by atoms with Crippen molar-refractivity contribution < 1.29 is 58.9 Å². The van der Waals surface area contributed by atoms with Crippen LogP contribution in [-0.4, -0.2) is 8.07 Å². The molecule has 0 aromatic heterocycles. The van der Waals surface area contributed by atoms with Crippen LogP contribution in [0.4, 0.5) is 0 Å². The Morgan fingerprint density at radius 2 is 1.06 bits per heavy atom. The second-order valence-corrected chi connectivity index (χ2v) is 12.8. The van der Waals surface area contributed by atoms with Crippen molar-refractivity contribution in [3.05, 3.63) is 113 Å². The fraction of sp³-hybridized carbons (Fsp3) is 0.233. The smallest absolute Gasteiger partial charge is 1.00 e. The maximum absolute atomic E-state index is 2.47. The summed E-state index contributed by atoms with van der Waals surface area (Å²) in [6.07, 6.45) is 1.15. The van der Waals surface area contributed by atoms with Crippen molar-refractivity contribution in [2.75, 3.05) is 0 Å². The molecular formula is C30H33Cl3SiTi. The van der Waals surface area contributed by atoms with E-state index in [0.29, 0.717) is 5.92 Å². The van der Waals surface area contributed by atoms with Crippen LogP contribution in [0.3, 0.4) is 0 Å². The van der Waals surface area contributed by atoms with Crippen molar-refractivity contribution >= 4 is 28.8 Å². The number of rotatable bonds is 6. The van der Waals surface area contributed by atoms with Gasteiger partial charge in [-0.1, -0.05) is 125 Å². The molecule has 0 aliphatic heterocycles. The SMILES string of the molecule is CCC(C)c1ccc[c-]1[Si](c1cccc(C)c1)(c1cccc(C)c1)c1cccc(C)c1.[Cl-].[Cl-].[Cl-].[Ti+4]. The van der Waals surface area contributed by atoms with Crippen LogP contribution < -0.4 is 58.0 Å². The molecule has 0 N–H and O–H groups in total. The molecule has 0 amide bonds. The van der Waals surface area contributed by atoms with Gasteiger partial charge >= 0.3 is 21.7 Å². The Kier molecular flexibility index (Phi) is 14.0. The average Bonchev–Trinajstić information content (AvgIpc) is 3.24. The molecule has 1 atom stereocenters. The quantitative estimate of drug-likeness (QED) is 0.126. The van der Waals surface area contributed by atoms with E-state index in [2.05, 4.69) is 126 Å². The number of hydrogen-bond acceptors (Lipinski definition) is 0. The van der Waals surface area contributed by atoms with Gasteiger partial charge in [0.25, 0.3) is 0 Å². The molecule has 0 nitrogen and oxygen atoms in total. The van der Waals surface area contributed by atoms with Gasteiger partial charge in [-0.15, -0.1) is 5.19 Å². The largest absolute Gasteiger partial charge is 4.00 e. The first-order valence-electron chi connectivity index (χ1n) is 11.4. The van der Waals surface area contributed by atoms with E-state index in [1.54, 1.807) is 5.19 Å². The first-order chi connectivity index (χ1) is 15.0. The molecule has 1 unspecified atom stereocenters. The van der Waals surface area contributed by atoms with E-state index in [9.17, 15) is 0 Å². The molecule has 0 heterocycles. The minimum absolute atomic E-state index is 0. The zero-order valence-electron chi connectivity index (χ0n) is 21.1. The van der Waals surface area contributed by atoms with Crippen LogP contribution >= 0.6 is 0 Å². The predicted molar refractivity (Wildman–Crippen MR) is 139 cm³/mol. The maximum Gasteiger partial charge on any atom is 4.00 e. The minimum atomic E-state index is -2.47. The van der Waals surface area contributed by atoms with Gasteiger partial charge in [0.15, 0.2) is 0 Å². The van der Waals surface area contributed by atoms with Gasteiger partial charge in [-0.05, 0) is 26.7 Å². The summed E-state index contributed by atoms with van der Waals surface area (Å²) in [5, 5.41) is 5.96. The van der Waals surface area contributed by atoms with E-state index in [1.165, 1.54) is 37.8 Å². The van der Waals surface area contributed by atoms with Crippen molar-refractivity contribution in [1.82, 2.24) is 0 Å². The molecule has 0 saturated heterocycles. The van der Waals surface area contributed by atoms with Gasteiger partial charge in [0.1, 0.15) is 8.07 Å². The van der Waals surface area contributed by atoms with Crippen molar-refractivity contribution in [2.45, 2.75) is 47.0 Å². The Morgan fingerprint density at radius 3 is 1.40 bits per heavy atom. The summed E-state index contributed by atoms with van der Waals surface area (Å²) in [6, 6.07) is 34.9. The molecule has 0 aliphatic carbocycles. The third-order valence-electron chi connectivity index (χ3n) is 6.75. The Hall–Kier alpha value is -1.19. The Bertz CT molecular complexity index is 1090. The predicted octanol–water partition coefficient (Wildman–Crippen LogP) is -3.77. The van der Waals surface area contributed by atoms with Gasteiger partial charge in [0, 0.05) is 0 Å².